The topological polar surface area (TPSA) is 83.4 Å². The molecule has 52 heavy (non-hydrogen) atoms. The molecule has 2 aliphatic heterocycles. The number of phenolic OH excluding ortho intramolecular Hbond substituents is 1. The van der Waals surface area contributed by atoms with E-state index in [-0.39, 0.29) is 16.7 Å². The second-order valence-corrected chi connectivity index (χ2v) is 16.1. The highest BCUT2D eigenvalue weighted by molar-refractivity contribution is 7.28. The highest BCUT2D eigenvalue weighted by atomic mass is 31.0. The summed E-state index contributed by atoms with van der Waals surface area (Å²) in [6, 6.07) is 7.27. The van der Waals surface area contributed by atoms with Crippen LogP contribution in [0.4, 0.5) is 10.2 Å². The molecule has 0 radical (unpaired) electrons. The van der Waals surface area contributed by atoms with E-state index in [1.165, 1.54) is 50.2 Å². The third-order valence-electron chi connectivity index (χ3n) is 11.3. The third kappa shape index (κ3) is 8.22. The van der Waals surface area contributed by atoms with Gasteiger partial charge in [-0.25, -0.2) is 4.39 Å². The molecule has 2 aromatic heterocycles. The van der Waals surface area contributed by atoms with Gasteiger partial charge in [0, 0.05) is 53.0 Å². The van der Waals surface area contributed by atoms with Crippen LogP contribution in [0, 0.1) is 29.5 Å². The lowest BCUT2D eigenvalue weighted by molar-refractivity contribution is 0.130. The second-order valence-electron chi connectivity index (χ2n) is 15.5. The number of allylic oxidation sites excluding steroid dienone is 1. The van der Waals surface area contributed by atoms with Crippen LogP contribution in [0.1, 0.15) is 104 Å². The monoisotopic (exact) mass is 723 g/mol. The quantitative estimate of drug-likeness (QED) is 0.0678. The maximum absolute atomic E-state index is 15.0. The summed E-state index contributed by atoms with van der Waals surface area (Å²) in [5.74, 6) is 3.59. The number of nitrogens with one attached hydrogen (secondary N) is 1. The maximum Gasteiger partial charge on any atom is 0.318 e. The molecule has 2 saturated heterocycles. The van der Waals surface area contributed by atoms with Crippen molar-refractivity contribution in [3.05, 3.63) is 54.0 Å². The number of pyridine rings is 1. The summed E-state index contributed by atoms with van der Waals surface area (Å²) < 4.78 is 21.7. The summed E-state index contributed by atoms with van der Waals surface area (Å²) in [5.41, 5.74) is 2.99. The molecule has 2 bridgehead atoms. The van der Waals surface area contributed by atoms with Crippen LogP contribution < -0.4 is 20.3 Å². The van der Waals surface area contributed by atoms with Crippen LogP contribution in [0.25, 0.3) is 32.9 Å². The molecule has 7 nitrogen and oxygen atoms in total. The van der Waals surface area contributed by atoms with Crippen molar-refractivity contribution < 1.29 is 14.2 Å². The number of fused-ring (bicyclic) bond motifs is 4. The molecule has 2 N–H and O–H groups in total. The molecule has 0 aliphatic carbocycles. The second kappa shape index (κ2) is 16.5. The summed E-state index contributed by atoms with van der Waals surface area (Å²) >= 11 is 0. The molecule has 6 rings (SSSR count). The van der Waals surface area contributed by atoms with E-state index in [2.05, 4.69) is 59.7 Å². The van der Waals surface area contributed by atoms with Crippen molar-refractivity contribution in [2.24, 2.45) is 11.3 Å². The first-order valence-electron chi connectivity index (χ1n) is 19.2. The number of aromatic nitrogens is 3. The first-order chi connectivity index (χ1) is 25.1. The molecule has 9 heteroatoms. The van der Waals surface area contributed by atoms with Crippen LogP contribution >= 0.6 is 9.24 Å². The fraction of sp³-hybridized carbons (Fsp3) is 0.512. The number of phenols is 1. The molecule has 5 unspecified atom stereocenters. The number of halogens is 1. The summed E-state index contributed by atoms with van der Waals surface area (Å²) in [6.45, 7) is 15.6. The Bertz CT molecular complexity index is 1970. The van der Waals surface area contributed by atoms with Gasteiger partial charge in [-0.15, -0.1) is 15.7 Å². The Kier molecular flexibility index (Phi) is 12.0. The van der Waals surface area contributed by atoms with Crippen molar-refractivity contribution >= 4 is 42.0 Å². The average molecular weight is 724 g/mol. The van der Waals surface area contributed by atoms with E-state index in [9.17, 15) is 5.11 Å². The Balaban J connectivity index is 1.42. The lowest BCUT2D eigenvalue weighted by Crippen LogP contribution is -2.51. The number of benzene rings is 2. The Morgan fingerprint density at radius 3 is 2.62 bits per heavy atom. The van der Waals surface area contributed by atoms with Gasteiger partial charge >= 0.3 is 6.01 Å². The predicted octanol–water partition coefficient (Wildman–Crippen LogP) is 9.24. The van der Waals surface area contributed by atoms with E-state index in [4.69, 9.17) is 26.1 Å². The first-order valence-corrected chi connectivity index (χ1v) is 19.8. The zero-order valence-corrected chi connectivity index (χ0v) is 32.6. The first kappa shape index (κ1) is 38.0. The van der Waals surface area contributed by atoms with Gasteiger partial charge in [-0.05, 0) is 68.0 Å². The Morgan fingerprint density at radius 1 is 1.15 bits per heavy atom. The summed E-state index contributed by atoms with van der Waals surface area (Å²) in [6.07, 6.45) is 20.2. The average Bonchev–Trinajstić information content (AvgIpc) is 3.48. The number of rotatable bonds is 16. The summed E-state index contributed by atoms with van der Waals surface area (Å²) in [4.78, 5) is 17.4. The van der Waals surface area contributed by atoms with Gasteiger partial charge in [-0.1, -0.05) is 83.9 Å². The third-order valence-corrected chi connectivity index (χ3v) is 11.8. The van der Waals surface area contributed by atoms with Gasteiger partial charge in [0.25, 0.3) is 0 Å². The van der Waals surface area contributed by atoms with Crippen molar-refractivity contribution in [3.8, 4) is 35.4 Å². The van der Waals surface area contributed by atoms with Crippen molar-refractivity contribution in [1.29, 1.82) is 0 Å². The molecule has 4 heterocycles. The molecule has 4 aromatic rings. The smallest absolute Gasteiger partial charge is 0.318 e. The van der Waals surface area contributed by atoms with Gasteiger partial charge in [0.2, 0.25) is 0 Å². The normalized spacial score (nSPS) is 18.8. The van der Waals surface area contributed by atoms with Crippen LogP contribution in [0.15, 0.2) is 42.6 Å². The van der Waals surface area contributed by atoms with Gasteiger partial charge in [0.15, 0.2) is 0 Å². The number of anilines is 1. The van der Waals surface area contributed by atoms with E-state index in [0.29, 0.717) is 63.5 Å². The van der Waals surface area contributed by atoms with Crippen LogP contribution in [-0.2, 0) is 0 Å². The minimum atomic E-state index is -0.498. The molecule has 2 fully saturated rings. The Morgan fingerprint density at radius 2 is 1.92 bits per heavy atom. The zero-order valence-electron chi connectivity index (χ0n) is 31.4. The fourth-order valence-corrected chi connectivity index (χ4v) is 8.83. The molecule has 0 saturated carbocycles. The molecular weight excluding hydrogens is 668 g/mol. The largest absolute Gasteiger partial charge is 0.508 e. The summed E-state index contributed by atoms with van der Waals surface area (Å²) in [5, 5.41) is 17.1. The van der Waals surface area contributed by atoms with Crippen molar-refractivity contribution in [2.45, 2.75) is 110 Å². The number of nitrogens with zero attached hydrogens (tertiary/aromatic N) is 4. The molecule has 2 aliphatic rings. The number of terminal acetylenes is 1. The Labute approximate surface area is 311 Å². The number of unbranched alkanes of at least 4 members (excludes halogenated alkanes) is 1. The fourth-order valence-electron chi connectivity index (χ4n) is 8.38. The Hall–Kier alpha value is -3.79. The number of hydrogen-bond acceptors (Lipinski definition) is 7. The molecule has 0 spiro atoms. The van der Waals surface area contributed by atoms with Crippen molar-refractivity contribution in [2.75, 3.05) is 24.6 Å². The van der Waals surface area contributed by atoms with Gasteiger partial charge in [0.1, 0.15) is 17.4 Å². The minimum absolute atomic E-state index is 0.0379. The maximum atomic E-state index is 15.0. The predicted molar refractivity (Wildman–Crippen MR) is 216 cm³/mol. The van der Waals surface area contributed by atoms with Gasteiger partial charge in [0.05, 0.1) is 28.8 Å². The summed E-state index contributed by atoms with van der Waals surface area (Å²) in [7, 11) is 2.81. The lowest BCUT2D eigenvalue weighted by atomic mass is 9.77. The molecule has 5 atom stereocenters. The van der Waals surface area contributed by atoms with Crippen LogP contribution in [0.5, 0.6) is 11.8 Å². The van der Waals surface area contributed by atoms with E-state index in [1.807, 2.05) is 0 Å². The van der Waals surface area contributed by atoms with Crippen molar-refractivity contribution in [3.63, 3.8) is 0 Å². The van der Waals surface area contributed by atoms with Gasteiger partial charge < -0.3 is 20.1 Å². The lowest BCUT2D eigenvalue weighted by Gasteiger charge is -2.35. The van der Waals surface area contributed by atoms with Crippen LogP contribution in [0.2, 0.25) is 0 Å². The number of hydrogen-bond donors (Lipinski definition) is 2. The SMILES string of the molecule is C#Cc1c(F)ccc2cc(O)cc(-c3ncc4c(N5CC6CCC(C5)N6)nc(OCC(C)(CCC(CCC)CCCC)CC(=C)CC)nc4c3P)c12. The van der Waals surface area contributed by atoms with Gasteiger partial charge in [-0.3, -0.25) is 4.98 Å². The van der Waals surface area contributed by atoms with Crippen LogP contribution in [-0.4, -0.2) is 51.8 Å². The van der Waals surface area contributed by atoms with E-state index < -0.39 is 5.82 Å². The number of piperazine rings is 1. The van der Waals surface area contributed by atoms with Crippen LogP contribution in [0.3, 0.4) is 0 Å². The number of ether oxygens (including phenoxy) is 1. The van der Waals surface area contributed by atoms with Gasteiger partial charge in [-0.2, -0.15) is 9.97 Å². The molecule has 276 valence electrons. The standard InChI is InChI=1S/C43H55FN5O2P/c1-7-11-13-28(12-8-2)18-19-43(6,22-27(5)9-3)26-51-42-47-39-35(41(48-42)49-24-30-15-16-31(25-49)46-30)23-45-38(40(39)52)34-21-32(50)20-29-14-17-36(44)33(10-4)37(29)34/h4,14,17,20-21,23,28,30-31,46,50H,5,7-9,11-13,15-16,18-19,22,24-26,52H2,1-3,6H3. The highest BCUT2D eigenvalue weighted by Gasteiger charge is 2.35. The van der Waals surface area contributed by atoms with E-state index in [0.717, 1.165) is 56.4 Å². The highest BCUT2D eigenvalue weighted by Crippen LogP contribution is 2.39. The molecule has 2 aromatic carbocycles. The van der Waals surface area contributed by atoms with E-state index in [1.54, 1.807) is 24.4 Å². The van der Waals surface area contributed by atoms with E-state index >= 15 is 4.39 Å². The zero-order chi connectivity index (χ0) is 37.0. The number of aromatic hydroxyl groups is 1. The van der Waals surface area contributed by atoms with Crippen molar-refractivity contribution in [1.82, 2.24) is 20.3 Å². The minimum Gasteiger partial charge on any atom is -0.508 e. The molecule has 0 amide bonds. The molecular formula is C43H55FN5O2P.